The molecule has 2 aliphatic rings. The van der Waals surface area contributed by atoms with E-state index in [0.717, 1.165) is 11.8 Å². The zero-order chi connectivity index (χ0) is 18.9. The summed E-state index contributed by atoms with van der Waals surface area (Å²) in [5.74, 6) is 1.49. The summed E-state index contributed by atoms with van der Waals surface area (Å²) in [7, 11) is -1.87. The smallest absolute Gasteiger partial charge is 0.677 e. The summed E-state index contributed by atoms with van der Waals surface area (Å²) in [4.78, 5) is 11.0. The molecule has 0 aromatic heterocycles. The van der Waals surface area contributed by atoms with E-state index < -0.39 is 8.40 Å². The largest absolute Gasteiger partial charge is 4.00 e. The molecule has 0 aromatic rings. The van der Waals surface area contributed by atoms with Gasteiger partial charge in [-0.25, -0.2) is 0 Å². The first kappa shape index (κ1) is 31.0. The van der Waals surface area contributed by atoms with Crippen molar-refractivity contribution in [3.8, 4) is 0 Å². The second-order valence-electron chi connectivity index (χ2n) is 11.4. The average molecular weight is 443 g/mol. The summed E-state index contributed by atoms with van der Waals surface area (Å²) in [6.07, 6.45) is 10.8. The van der Waals surface area contributed by atoms with E-state index in [0.29, 0.717) is 22.9 Å². The molecule has 28 heavy (non-hydrogen) atoms. The molecular formula is C24H50N2SiTi. The third-order valence-electron chi connectivity index (χ3n) is 6.65. The molecular weight excluding hydrogens is 392 g/mol. The topological polar surface area (TPSA) is 28.2 Å². The van der Waals surface area contributed by atoms with Gasteiger partial charge in [0.1, 0.15) is 0 Å². The van der Waals surface area contributed by atoms with Gasteiger partial charge < -0.3 is 24.8 Å². The Bertz CT molecular complexity index is 387. The molecule has 4 heteroatoms. The molecule has 2 aliphatic carbocycles. The van der Waals surface area contributed by atoms with Gasteiger partial charge in [-0.15, -0.1) is 25.2 Å². The molecule has 0 saturated heterocycles. The van der Waals surface area contributed by atoms with Gasteiger partial charge in [0.2, 0.25) is 0 Å². The van der Waals surface area contributed by atoms with E-state index in [9.17, 15) is 0 Å². The monoisotopic (exact) mass is 442 g/mol. The number of rotatable bonds is 4. The van der Waals surface area contributed by atoms with Crippen molar-refractivity contribution in [2.24, 2.45) is 22.7 Å². The molecule has 0 spiro atoms. The Hall–Kier alpha value is 0.851. The SMILES string of the molecule is CC(C)(C)C1CCCCC1[N-][Si](C)(C)[N-]C1CCCCC1C(C)(C)C.[CH3-].[CH3-].[Ti+4]. The number of hydrogen-bond acceptors (Lipinski definition) is 0. The van der Waals surface area contributed by atoms with Gasteiger partial charge in [0, 0.05) is 0 Å². The van der Waals surface area contributed by atoms with Gasteiger partial charge in [0.15, 0.2) is 0 Å². The van der Waals surface area contributed by atoms with Crippen LogP contribution in [0.4, 0.5) is 0 Å². The Morgan fingerprint density at radius 3 is 1.18 bits per heavy atom. The van der Waals surface area contributed by atoms with Crippen LogP contribution in [0.1, 0.15) is 92.9 Å². The minimum absolute atomic E-state index is 0. The summed E-state index contributed by atoms with van der Waals surface area (Å²) >= 11 is 0. The average Bonchev–Trinajstić information content (AvgIpc) is 2.45. The van der Waals surface area contributed by atoms with Crippen molar-refractivity contribution in [2.75, 3.05) is 0 Å². The third kappa shape index (κ3) is 8.92. The van der Waals surface area contributed by atoms with E-state index in [1.165, 1.54) is 51.4 Å². The number of hydrogen-bond donors (Lipinski definition) is 0. The Labute approximate surface area is 195 Å². The zero-order valence-electron chi connectivity index (χ0n) is 20.9. The predicted octanol–water partition coefficient (Wildman–Crippen LogP) is 8.54. The van der Waals surface area contributed by atoms with Crippen LogP contribution in [0.15, 0.2) is 0 Å². The molecule has 4 atom stereocenters. The van der Waals surface area contributed by atoms with E-state index in [2.05, 4.69) is 54.6 Å². The van der Waals surface area contributed by atoms with Gasteiger partial charge in [0.25, 0.3) is 0 Å². The van der Waals surface area contributed by atoms with Crippen molar-refractivity contribution in [1.82, 2.24) is 0 Å². The molecule has 0 aromatic carbocycles. The van der Waals surface area contributed by atoms with Crippen LogP contribution in [0, 0.1) is 37.5 Å². The Morgan fingerprint density at radius 2 is 0.893 bits per heavy atom. The van der Waals surface area contributed by atoms with Crippen LogP contribution in [-0.4, -0.2) is 20.5 Å². The standard InChI is InChI=1S/C22H44N2Si.2CH3.Ti/c1-21(2,3)17-13-9-11-15-19(17)23-25(7,8)24-20-16-12-10-14-18(20)22(4,5)6;;;/h17-20H,9-16H2,1-8H3;2*1H3;/q-2;2*-1;+4. The van der Waals surface area contributed by atoms with E-state index >= 15 is 0 Å². The Balaban J connectivity index is 0. The molecule has 2 fully saturated rings. The van der Waals surface area contributed by atoms with Crippen LogP contribution in [0.2, 0.25) is 13.1 Å². The van der Waals surface area contributed by atoms with Crippen molar-refractivity contribution < 1.29 is 21.7 Å². The molecule has 2 rings (SSSR count). The van der Waals surface area contributed by atoms with Gasteiger partial charge >= 0.3 is 21.7 Å². The summed E-state index contributed by atoms with van der Waals surface area (Å²) in [5, 5.41) is 0. The minimum Gasteiger partial charge on any atom is -0.677 e. The summed E-state index contributed by atoms with van der Waals surface area (Å²) in [6.45, 7) is 19.3. The fraction of sp³-hybridized carbons (Fsp3) is 0.917. The van der Waals surface area contributed by atoms with Crippen molar-refractivity contribution in [3.05, 3.63) is 24.8 Å². The molecule has 0 bridgehead atoms. The van der Waals surface area contributed by atoms with E-state index in [1.807, 2.05) is 0 Å². The fourth-order valence-corrected chi connectivity index (χ4v) is 7.70. The normalized spacial score (nSPS) is 29.1. The van der Waals surface area contributed by atoms with Gasteiger partial charge in [-0.1, -0.05) is 105 Å². The molecule has 164 valence electrons. The molecule has 0 aliphatic heterocycles. The van der Waals surface area contributed by atoms with E-state index in [-0.39, 0.29) is 36.6 Å². The second-order valence-corrected chi connectivity index (χ2v) is 14.9. The second kappa shape index (κ2) is 12.0. The zero-order valence-corrected chi connectivity index (χ0v) is 23.4. The first-order valence-electron chi connectivity index (χ1n) is 10.8. The van der Waals surface area contributed by atoms with Crippen molar-refractivity contribution in [2.45, 2.75) is 118 Å². The molecule has 4 unspecified atom stereocenters. The van der Waals surface area contributed by atoms with Gasteiger partial charge in [-0.2, -0.15) is 8.40 Å². The minimum atomic E-state index is -1.87. The van der Waals surface area contributed by atoms with Crippen molar-refractivity contribution in [3.63, 3.8) is 0 Å². The molecule has 0 N–H and O–H groups in total. The quantitative estimate of drug-likeness (QED) is 0.308. The van der Waals surface area contributed by atoms with Gasteiger partial charge in [-0.05, 0) is 10.8 Å². The maximum absolute atomic E-state index is 5.50. The maximum Gasteiger partial charge on any atom is 4.00 e. The Kier molecular flexibility index (Phi) is 13.3. The van der Waals surface area contributed by atoms with Gasteiger partial charge in [-0.3, -0.25) is 0 Å². The van der Waals surface area contributed by atoms with Crippen LogP contribution in [0.25, 0.3) is 9.96 Å². The molecule has 0 radical (unpaired) electrons. The van der Waals surface area contributed by atoms with Crippen LogP contribution >= 0.6 is 0 Å². The molecule has 2 saturated carbocycles. The van der Waals surface area contributed by atoms with Crippen molar-refractivity contribution >= 4 is 8.40 Å². The number of nitrogens with zero attached hydrogens (tertiary/aromatic N) is 2. The maximum atomic E-state index is 5.50. The third-order valence-corrected chi connectivity index (χ3v) is 8.57. The first-order chi connectivity index (χ1) is 11.4. The molecule has 0 amide bonds. The van der Waals surface area contributed by atoms with E-state index in [1.54, 1.807) is 0 Å². The molecule has 2 nitrogen and oxygen atoms in total. The summed E-state index contributed by atoms with van der Waals surface area (Å²) in [6, 6.07) is 1.10. The van der Waals surface area contributed by atoms with Crippen LogP contribution in [0.3, 0.4) is 0 Å². The Morgan fingerprint density at radius 1 is 0.607 bits per heavy atom. The first-order valence-corrected chi connectivity index (χ1v) is 13.7. The van der Waals surface area contributed by atoms with Crippen LogP contribution in [0.5, 0.6) is 0 Å². The molecule has 0 heterocycles. The summed E-state index contributed by atoms with van der Waals surface area (Å²) in [5.41, 5.74) is 0.746. The predicted molar refractivity (Wildman–Crippen MR) is 127 cm³/mol. The summed E-state index contributed by atoms with van der Waals surface area (Å²) < 4.78 is 0. The van der Waals surface area contributed by atoms with Crippen LogP contribution in [-0.2, 0) is 21.7 Å². The van der Waals surface area contributed by atoms with Crippen LogP contribution < -0.4 is 0 Å². The van der Waals surface area contributed by atoms with Crippen molar-refractivity contribution in [1.29, 1.82) is 0 Å². The fourth-order valence-electron chi connectivity index (χ4n) is 5.40. The van der Waals surface area contributed by atoms with Gasteiger partial charge in [0.05, 0.1) is 0 Å². The van der Waals surface area contributed by atoms with E-state index in [4.69, 9.17) is 9.96 Å².